The van der Waals surface area contributed by atoms with E-state index in [1.54, 1.807) is 0 Å². The Kier molecular flexibility index (Phi) is 4.68. The zero-order valence-electron chi connectivity index (χ0n) is 10.2. The summed E-state index contributed by atoms with van der Waals surface area (Å²) in [6.45, 7) is 4.14. The van der Waals surface area contributed by atoms with E-state index in [2.05, 4.69) is 22.9 Å². The van der Waals surface area contributed by atoms with Gasteiger partial charge in [0.05, 0.1) is 12.2 Å². The Balaban J connectivity index is 1.74. The first-order valence-electron chi connectivity index (χ1n) is 6.56. The average Bonchev–Trinajstić information content (AvgIpc) is 2.90. The highest BCUT2D eigenvalue weighted by Crippen LogP contribution is 2.41. The first kappa shape index (κ1) is 12.8. The van der Waals surface area contributed by atoms with E-state index in [4.69, 9.17) is 9.47 Å². The van der Waals surface area contributed by atoms with Crippen molar-refractivity contribution >= 4 is 15.9 Å². The minimum atomic E-state index is 0.388. The van der Waals surface area contributed by atoms with Gasteiger partial charge in [-0.1, -0.05) is 22.4 Å². The molecule has 0 N–H and O–H groups in total. The van der Waals surface area contributed by atoms with Gasteiger partial charge in [-0.3, -0.25) is 0 Å². The van der Waals surface area contributed by atoms with E-state index in [9.17, 15) is 0 Å². The van der Waals surface area contributed by atoms with E-state index in [-0.39, 0.29) is 0 Å². The standard InChI is InChI=1S/C13H23BrO2/c1-11-13(10-14,7-9-15-11)6-2-4-12-5-3-8-16-12/h11-12H,2-10H2,1H3. The van der Waals surface area contributed by atoms with Crippen LogP contribution in [0, 0.1) is 5.41 Å². The maximum atomic E-state index is 5.72. The Morgan fingerprint density at radius 2 is 2.19 bits per heavy atom. The van der Waals surface area contributed by atoms with Crippen LogP contribution in [0.1, 0.15) is 45.4 Å². The third-order valence-corrected chi connectivity index (χ3v) is 5.44. The monoisotopic (exact) mass is 290 g/mol. The number of rotatable bonds is 5. The summed E-state index contributed by atoms with van der Waals surface area (Å²) in [6.07, 6.45) is 8.50. The van der Waals surface area contributed by atoms with Gasteiger partial charge in [0.25, 0.3) is 0 Å². The zero-order chi connectivity index (χ0) is 11.4. The highest BCUT2D eigenvalue weighted by Gasteiger charge is 2.40. The van der Waals surface area contributed by atoms with Crippen molar-refractivity contribution in [2.24, 2.45) is 5.41 Å². The Morgan fingerprint density at radius 3 is 2.75 bits per heavy atom. The second-order valence-corrected chi connectivity index (χ2v) is 5.85. The molecule has 0 saturated carbocycles. The molecule has 0 aromatic carbocycles. The van der Waals surface area contributed by atoms with Crippen molar-refractivity contribution in [2.45, 2.75) is 57.7 Å². The molecule has 3 unspecified atom stereocenters. The molecule has 0 aliphatic carbocycles. The first-order valence-corrected chi connectivity index (χ1v) is 7.68. The van der Waals surface area contributed by atoms with E-state index in [1.807, 2.05) is 0 Å². The fourth-order valence-electron chi connectivity index (χ4n) is 2.94. The Labute approximate surface area is 107 Å². The molecular weight excluding hydrogens is 268 g/mol. The van der Waals surface area contributed by atoms with Gasteiger partial charge in [-0.2, -0.15) is 0 Å². The summed E-state index contributed by atoms with van der Waals surface area (Å²) in [7, 11) is 0. The SMILES string of the molecule is CC1OCCC1(CBr)CCCC1CCCO1. The van der Waals surface area contributed by atoms with Gasteiger partial charge in [-0.15, -0.1) is 0 Å². The van der Waals surface area contributed by atoms with Crippen LogP contribution in [-0.4, -0.2) is 30.8 Å². The van der Waals surface area contributed by atoms with Gasteiger partial charge in [-0.05, 0) is 39.0 Å². The molecule has 2 saturated heterocycles. The van der Waals surface area contributed by atoms with Crippen molar-refractivity contribution in [3.8, 4) is 0 Å². The normalized spacial score (nSPS) is 39.4. The molecule has 16 heavy (non-hydrogen) atoms. The van der Waals surface area contributed by atoms with Gasteiger partial charge < -0.3 is 9.47 Å². The molecule has 2 nitrogen and oxygen atoms in total. The summed E-state index contributed by atoms with van der Waals surface area (Å²) in [5.41, 5.74) is 0.388. The molecule has 0 radical (unpaired) electrons. The van der Waals surface area contributed by atoms with Crippen molar-refractivity contribution in [1.29, 1.82) is 0 Å². The predicted molar refractivity (Wildman–Crippen MR) is 69.1 cm³/mol. The van der Waals surface area contributed by atoms with Crippen molar-refractivity contribution in [3.05, 3.63) is 0 Å². The summed E-state index contributed by atoms with van der Waals surface area (Å²) in [6, 6.07) is 0. The van der Waals surface area contributed by atoms with Gasteiger partial charge >= 0.3 is 0 Å². The fourth-order valence-corrected chi connectivity index (χ4v) is 3.96. The largest absolute Gasteiger partial charge is 0.378 e. The van der Waals surface area contributed by atoms with Crippen molar-refractivity contribution in [3.63, 3.8) is 0 Å². The van der Waals surface area contributed by atoms with Gasteiger partial charge in [0.15, 0.2) is 0 Å². The lowest BCUT2D eigenvalue weighted by molar-refractivity contribution is 0.0630. The molecule has 2 aliphatic heterocycles. The lowest BCUT2D eigenvalue weighted by atomic mass is 9.79. The van der Waals surface area contributed by atoms with Crippen molar-refractivity contribution in [2.75, 3.05) is 18.5 Å². The predicted octanol–water partition coefficient (Wildman–Crippen LogP) is 3.53. The van der Waals surface area contributed by atoms with Crippen LogP contribution in [0.3, 0.4) is 0 Å². The Bertz CT molecular complexity index is 216. The molecule has 3 atom stereocenters. The number of hydrogen-bond donors (Lipinski definition) is 0. The molecule has 0 aromatic rings. The van der Waals surface area contributed by atoms with Crippen LogP contribution in [-0.2, 0) is 9.47 Å². The lowest BCUT2D eigenvalue weighted by Crippen LogP contribution is -2.30. The number of hydrogen-bond acceptors (Lipinski definition) is 2. The fraction of sp³-hybridized carbons (Fsp3) is 1.00. The second kappa shape index (κ2) is 5.83. The minimum Gasteiger partial charge on any atom is -0.378 e. The van der Waals surface area contributed by atoms with E-state index in [0.29, 0.717) is 17.6 Å². The molecule has 2 rings (SSSR count). The van der Waals surface area contributed by atoms with Crippen LogP contribution >= 0.6 is 15.9 Å². The molecule has 3 heteroatoms. The lowest BCUT2D eigenvalue weighted by Gasteiger charge is -2.30. The van der Waals surface area contributed by atoms with E-state index < -0.39 is 0 Å². The van der Waals surface area contributed by atoms with E-state index in [0.717, 1.165) is 18.5 Å². The van der Waals surface area contributed by atoms with Gasteiger partial charge in [-0.25, -0.2) is 0 Å². The molecule has 2 fully saturated rings. The van der Waals surface area contributed by atoms with Crippen LogP contribution in [0.2, 0.25) is 0 Å². The average molecular weight is 291 g/mol. The van der Waals surface area contributed by atoms with Gasteiger partial charge in [0, 0.05) is 24.0 Å². The highest BCUT2D eigenvalue weighted by atomic mass is 79.9. The van der Waals surface area contributed by atoms with Gasteiger partial charge in [0.2, 0.25) is 0 Å². The Hall–Kier alpha value is 0.400. The smallest absolute Gasteiger partial charge is 0.0612 e. The third kappa shape index (κ3) is 2.80. The molecule has 0 aromatic heterocycles. The summed E-state index contributed by atoms with van der Waals surface area (Å²) in [4.78, 5) is 0. The van der Waals surface area contributed by atoms with Crippen LogP contribution in [0.15, 0.2) is 0 Å². The summed E-state index contributed by atoms with van der Waals surface area (Å²) in [5.74, 6) is 0. The maximum absolute atomic E-state index is 5.72. The van der Waals surface area contributed by atoms with Crippen molar-refractivity contribution in [1.82, 2.24) is 0 Å². The summed E-state index contributed by atoms with van der Waals surface area (Å²) < 4.78 is 11.4. The molecule has 2 heterocycles. The number of alkyl halides is 1. The topological polar surface area (TPSA) is 18.5 Å². The summed E-state index contributed by atoms with van der Waals surface area (Å²) >= 11 is 3.68. The molecule has 0 spiro atoms. The molecule has 94 valence electrons. The third-order valence-electron chi connectivity index (χ3n) is 4.32. The van der Waals surface area contributed by atoms with Crippen LogP contribution in [0.4, 0.5) is 0 Å². The van der Waals surface area contributed by atoms with Crippen LogP contribution in [0.5, 0.6) is 0 Å². The quantitative estimate of drug-likeness (QED) is 0.721. The second-order valence-electron chi connectivity index (χ2n) is 5.29. The minimum absolute atomic E-state index is 0.388. The van der Waals surface area contributed by atoms with Crippen LogP contribution in [0.25, 0.3) is 0 Å². The Morgan fingerprint density at radius 1 is 1.31 bits per heavy atom. The number of halogens is 1. The highest BCUT2D eigenvalue weighted by molar-refractivity contribution is 9.09. The number of ether oxygens (including phenoxy) is 2. The van der Waals surface area contributed by atoms with E-state index >= 15 is 0 Å². The van der Waals surface area contributed by atoms with Crippen molar-refractivity contribution < 1.29 is 9.47 Å². The molecule has 0 bridgehead atoms. The first-order chi connectivity index (χ1) is 7.77. The molecule has 0 amide bonds. The van der Waals surface area contributed by atoms with E-state index in [1.165, 1.54) is 38.5 Å². The molecule has 2 aliphatic rings. The maximum Gasteiger partial charge on any atom is 0.0612 e. The zero-order valence-corrected chi connectivity index (χ0v) is 11.8. The summed E-state index contributed by atoms with van der Waals surface area (Å²) in [5, 5.41) is 1.08. The molecular formula is C13H23BrO2. The van der Waals surface area contributed by atoms with Gasteiger partial charge in [0.1, 0.15) is 0 Å². The van der Waals surface area contributed by atoms with Crippen LogP contribution < -0.4 is 0 Å².